The molecule has 0 spiro atoms. The summed E-state index contributed by atoms with van der Waals surface area (Å²) in [7, 11) is 0. The molecule has 7 heteroatoms. The quantitative estimate of drug-likeness (QED) is 0.761. The van der Waals surface area contributed by atoms with E-state index in [1.807, 2.05) is 18.2 Å². The highest BCUT2D eigenvalue weighted by Gasteiger charge is 2.24. The monoisotopic (exact) mass is 317 g/mol. The predicted molar refractivity (Wildman–Crippen MR) is 85.7 cm³/mol. The maximum Gasteiger partial charge on any atom is 0.315 e. The molecule has 23 heavy (non-hydrogen) atoms. The molecule has 1 aliphatic rings. The Morgan fingerprint density at radius 3 is 2.87 bits per heavy atom. The summed E-state index contributed by atoms with van der Waals surface area (Å²) in [6, 6.07) is 5.60. The van der Waals surface area contributed by atoms with E-state index < -0.39 is 0 Å². The van der Waals surface area contributed by atoms with Crippen molar-refractivity contribution in [2.75, 3.05) is 19.6 Å². The Morgan fingerprint density at radius 1 is 1.30 bits per heavy atom. The Kier molecular flexibility index (Phi) is 5.31. The first-order valence-corrected chi connectivity index (χ1v) is 8.10. The fourth-order valence-corrected chi connectivity index (χ4v) is 2.93. The van der Waals surface area contributed by atoms with E-state index in [0.29, 0.717) is 13.1 Å². The van der Waals surface area contributed by atoms with Gasteiger partial charge in [-0.15, -0.1) is 0 Å². The molecule has 0 aromatic carbocycles. The summed E-state index contributed by atoms with van der Waals surface area (Å²) in [6.45, 7) is 3.05. The zero-order valence-electron chi connectivity index (χ0n) is 13.1. The van der Waals surface area contributed by atoms with Crippen LogP contribution in [0.3, 0.4) is 0 Å². The molecule has 0 saturated carbocycles. The van der Waals surface area contributed by atoms with E-state index in [4.69, 9.17) is 4.42 Å². The van der Waals surface area contributed by atoms with Crippen LogP contribution in [0.5, 0.6) is 0 Å². The number of nitrogens with one attached hydrogen (secondary N) is 3. The van der Waals surface area contributed by atoms with Crippen LogP contribution in [0.2, 0.25) is 0 Å². The minimum Gasteiger partial charge on any atom is -0.468 e. The lowest BCUT2D eigenvalue weighted by atomic mass is 10.1. The van der Waals surface area contributed by atoms with Gasteiger partial charge in [-0.3, -0.25) is 10.00 Å². The molecule has 2 aromatic rings. The highest BCUT2D eigenvalue weighted by Crippen LogP contribution is 2.24. The van der Waals surface area contributed by atoms with Crippen molar-refractivity contribution >= 4 is 6.03 Å². The van der Waals surface area contributed by atoms with Gasteiger partial charge in [0, 0.05) is 12.7 Å². The molecule has 1 saturated heterocycles. The number of piperidine rings is 1. The van der Waals surface area contributed by atoms with E-state index in [9.17, 15) is 4.79 Å². The fraction of sp³-hybridized carbons (Fsp3) is 0.500. The summed E-state index contributed by atoms with van der Waals surface area (Å²) in [6.07, 6.45) is 7.02. The zero-order valence-corrected chi connectivity index (χ0v) is 13.1. The van der Waals surface area contributed by atoms with Crippen LogP contribution < -0.4 is 10.6 Å². The van der Waals surface area contributed by atoms with Gasteiger partial charge in [0.05, 0.1) is 24.5 Å². The molecule has 0 radical (unpaired) electrons. The average Bonchev–Trinajstić information content (AvgIpc) is 3.28. The standard InChI is InChI=1S/C16H23N5O2/c22-16(17-11-13-6-7-19-20-13)18-12-14(15-5-4-10-23-15)21-8-2-1-3-9-21/h4-7,10,14H,1-3,8-9,11-12H2,(H,19,20)(H2,17,18,22). The van der Waals surface area contributed by atoms with Crippen molar-refractivity contribution in [1.82, 2.24) is 25.7 Å². The van der Waals surface area contributed by atoms with E-state index in [0.717, 1.165) is 24.5 Å². The number of carbonyl (C=O) groups excluding carboxylic acids is 1. The highest BCUT2D eigenvalue weighted by molar-refractivity contribution is 5.73. The number of rotatable bonds is 6. The average molecular weight is 317 g/mol. The Labute approximate surface area is 135 Å². The Morgan fingerprint density at radius 2 is 2.17 bits per heavy atom. The van der Waals surface area contributed by atoms with Crippen LogP contribution in [0.25, 0.3) is 0 Å². The third kappa shape index (κ3) is 4.35. The smallest absolute Gasteiger partial charge is 0.315 e. The molecule has 1 aliphatic heterocycles. The van der Waals surface area contributed by atoms with E-state index in [2.05, 4.69) is 25.7 Å². The van der Waals surface area contributed by atoms with Crippen molar-refractivity contribution in [2.24, 2.45) is 0 Å². The number of carbonyl (C=O) groups is 1. The first-order valence-electron chi connectivity index (χ1n) is 8.10. The molecule has 1 fully saturated rings. The number of nitrogens with zero attached hydrogens (tertiary/aromatic N) is 2. The van der Waals surface area contributed by atoms with Crippen molar-refractivity contribution < 1.29 is 9.21 Å². The minimum atomic E-state index is -0.187. The predicted octanol–water partition coefficient (Wildman–Crippen LogP) is 2.03. The van der Waals surface area contributed by atoms with Crippen molar-refractivity contribution in [3.8, 4) is 0 Å². The van der Waals surface area contributed by atoms with Crippen LogP contribution in [-0.4, -0.2) is 40.8 Å². The SMILES string of the molecule is O=C(NCc1ccn[nH]1)NCC(c1ccco1)N1CCCCC1. The molecule has 0 aliphatic carbocycles. The molecule has 124 valence electrons. The largest absolute Gasteiger partial charge is 0.468 e. The first-order chi connectivity index (χ1) is 11.3. The number of likely N-dealkylation sites (tertiary alicyclic amines) is 1. The van der Waals surface area contributed by atoms with Gasteiger partial charge >= 0.3 is 6.03 Å². The zero-order chi connectivity index (χ0) is 15.9. The number of hydrogen-bond donors (Lipinski definition) is 3. The van der Waals surface area contributed by atoms with Crippen LogP contribution in [0.15, 0.2) is 35.1 Å². The number of urea groups is 1. The number of aromatic amines is 1. The number of H-pyrrole nitrogens is 1. The Balaban J connectivity index is 1.52. The van der Waals surface area contributed by atoms with Gasteiger partial charge in [-0.25, -0.2) is 4.79 Å². The normalized spacial score (nSPS) is 16.9. The highest BCUT2D eigenvalue weighted by atomic mass is 16.3. The lowest BCUT2D eigenvalue weighted by molar-refractivity contribution is 0.143. The summed E-state index contributed by atoms with van der Waals surface area (Å²) >= 11 is 0. The lowest BCUT2D eigenvalue weighted by Gasteiger charge is -2.33. The minimum absolute atomic E-state index is 0.0863. The maximum absolute atomic E-state index is 12.0. The number of hydrogen-bond acceptors (Lipinski definition) is 4. The van der Waals surface area contributed by atoms with Crippen LogP contribution in [0.1, 0.15) is 36.8 Å². The van der Waals surface area contributed by atoms with Crippen LogP contribution in [0, 0.1) is 0 Å². The van der Waals surface area contributed by atoms with Crippen LogP contribution >= 0.6 is 0 Å². The second-order valence-electron chi connectivity index (χ2n) is 5.77. The molecule has 2 aromatic heterocycles. The summed E-state index contributed by atoms with van der Waals surface area (Å²) < 4.78 is 5.57. The third-order valence-corrected chi connectivity index (χ3v) is 4.16. The van der Waals surface area contributed by atoms with Crippen molar-refractivity contribution in [1.29, 1.82) is 0 Å². The van der Waals surface area contributed by atoms with Gasteiger partial charge in [0.25, 0.3) is 0 Å². The van der Waals surface area contributed by atoms with Gasteiger partial charge in [0.2, 0.25) is 0 Å². The van der Waals surface area contributed by atoms with Crippen molar-refractivity contribution in [2.45, 2.75) is 31.8 Å². The van der Waals surface area contributed by atoms with E-state index in [1.54, 1.807) is 12.5 Å². The first kappa shape index (κ1) is 15.6. The fourth-order valence-electron chi connectivity index (χ4n) is 2.93. The van der Waals surface area contributed by atoms with Gasteiger partial charge in [0.15, 0.2) is 0 Å². The van der Waals surface area contributed by atoms with E-state index in [-0.39, 0.29) is 12.1 Å². The molecule has 1 unspecified atom stereocenters. The molecular formula is C16H23N5O2. The van der Waals surface area contributed by atoms with Crippen molar-refractivity contribution in [3.05, 3.63) is 42.1 Å². The number of amides is 2. The van der Waals surface area contributed by atoms with Gasteiger partial charge in [-0.05, 0) is 44.1 Å². The van der Waals surface area contributed by atoms with E-state index in [1.165, 1.54) is 19.3 Å². The molecule has 1 atom stereocenters. The topological polar surface area (TPSA) is 86.2 Å². The summed E-state index contributed by atoms with van der Waals surface area (Å²) in [5, 5.41) is 12.4. The van der Waals surface area contributed by atoms with Gasteiger partial charge in [-0.1, -0.05) is 6.42 Å². The van der Waals surface area contributed by atoms with Gasteiger partial charge in [-0.2, -0.15) is 5.10 Å². The summed E-state index contributed by atoms with van der Waals surface area (Å²) in [5.74, 6) is 0.903. The Hall–Kier alpha value is -2.28. The van der Waals surface area contributed by atoms with Gasteiger partial charge < -0.3 is 15.1 Å². The second kappa shape index (κ2) is 7.82. The molecule has 2 amide bonds. The molecule has 3 heterocycles. The third-order valence-electron chi connectivity index (χ3n) is 4.16. The number of aromatic nitrogens is 2. The second-order valence-corrected chi connectivity index (χ2v) is 5.77. The van der Waals surface area contributed by atoms with Gasteiger partial charge in [0.1, 0.15) is 5.76 Å². The molecule has 7 nitrogen and oxygen atoms in total. The molecule has 0 bridgehead atoms. The van der Waals surface area contributed by atoms with E-state index >= 15 is 0 Å². The molecular weight excluding hydrogens is 294 g/mol. The Bertz CT molecular complexity index is 576. The van der Waals surface area contributed by atoms with Crippen molar-refractivity contribution in [3.63, 3.8) is 0 Å². The molecule has 3 rings (SSSR count). The van der Waals surface area contributed by atoms with Crippen LogP contribution in [-0.2, 0) is 6.54 Å². The number of furan rings is 1. The van der Waals surface area contributed by atoms with Crippen LogP contribution in [0.4, 0.5) is 4.79 Å². The summed E-state index contributed by atoms with van der Waals surface area (Å²) in [4.78, 5) is 14.4. The molecule has 3 N–H and O–H groups in total. The lowest BCUT2D eigenvalue weighted by Crippen LogP contribution is -2.43. The summed E-state index contributed by atoms with van der Waals surface area (Å²) in [5.41, 5.74) is 0.874. The maximum atomic E-state index is 12.0.